The molecule has 4 aromatic heterocycles. The number of allylic oxidation sites excluding steroid dienone is 1. The van der Waals surface area contributed by atoms with Crippen LogP contribution in [-0.2, 0) is 6.54 Å². The van der Waals surface area contributed by atoms with Crippen molar-refractivity contribution in [2.24, 2.45) is 0 Å². The van der Waals surface area contributed by atoms with Crippen molar-refractivity contribution in [1.82, 2.24) is 24.7 Å². The van der Waals surface area contributed by atoms with Crippen LogP contribution in [0.3, 0.4) is 0 Å². The second-order valence-electron chi connectivity index (χ2n) is 5.45. The van der Waals surface area contributed by atoms with Crippen molar-refractivity contribution in [2.45, 2.75) is 30.6 Å². The van der Waals surface area contributed by atoms with Crippen LogP contribution < -0.4 is 0 Å². The number of thiophene rings is 2. The quantitative estimate of drug-likeness (QED) is 0.359. The summed E-state index contributed by atoms with van der Waals surface area (Å²) in [6, 6.07) is 4.07. The minimum atomic E-state index is 0.670. The summed E-state index contributed by atoms with van der Waals surface area (Å²) in [6.07, 6.45) is 3.55. The van der Waals surface area contributed by atoms with Gasteiger partial charge in [0.25, 0.3) is 0 Å². The summed E-state index contributed by atoms with van der Waals surface area (Å²) >= 11 is 4.89. The number of aromatic nitrogens is 5. The number of fused-ring (bicyclic) bond motifs is 1. The standard InChI is InChI=1S/C17H15N5S3/c1-4-7-22-9-18-21-17(22)25-16-13-10(2)11(3)24-15(13)19-14(20-16)12-6-5-8-23-12/h4-6,8-9H,1,7H2,2-3H3. The van der Waals surface area contributed by atoms with Gasteiger partial charge in [0, 0.05) is 16.8 Å². The van der Waals surface area contributed by atoms with Crippen LogP contribution in [0.5, 0.6) is 0 Å². The van der Waals surface area contributed by atoms with Gasteiger partial charge in [-0.3, -0.25) is 0 Å². The largest absolute Gasteiger partial charge is 0.304 e. The first-order chi connectivity index (χ1) is 12.2. The molecule has 25 heavy (non-hydrogen) atoms. The second-order valence-corrected chi connectivity index (χ2v) is 8.56. The van der Waals surface area contributed by atoms with Crippen molar-refractivity contribution in [3.05, 3.63) is 46.9 Å². The molecule has 0 spiro atoms. The van der Waals surface area contributed by atoms with Gasteiger partial charge in [-0.2, -0.15) is 0 Å². The molecule has 4 aromatic rings. The van der Waals surface area contributed by atoms with Gasteiger partial charge in [0.2, 0.25) is 0 Å². The molecule has 0 radical (unpaired) electrons. The van der Waals surface area contributed by atoms with Crippen LogP contribution in [0.1, 0.15) is 10.4 Å². The van der Waals surface area contributed by atoms with Gasteiger partial charge in [-0.15, -0.1) is 39.4 Å². The van der Waals surface area contributed by atoms with Crippen molar-refractivity contribution in [3.8, 4) is 10.7 Å². The molecule has 0 atom stereocenters. The molecule has 0 bridgehead atoms. The van der Waals surface area contributed by atoms with E-state index in [1.807, 2.05) is 28.2 Å². The van der Waals surface area contributed by atoms with Gasteiger partial charge < -0.3 is 4.57 Å². The summed E-state index contributed by atoms with van der Waals surface area (Å²) in [4.78, 5) is 13.0. The lowest BCUT2D eigenvalue weighted by Crippen LogP contribution is -1.97. The Bertz CT molecular complexity index is 1050. The Morgan fingerprint density at radius 1 is 1.32 bits per heavy atom. The lowest BCUT2D eigenvalue weighted by molar-refractivity contribution is 0.724. The first-order valence-electron chi connectivity index (χ1n) is 7.65. The highest BCUT2D eigenvalue weighted by Gasteiger charge is 2.18. The number of hydrogen-bond acceptors (Lipinski definition) is 7. The fourth-order valence-electron chi connectivity index (χ4n) is 2.48. The molecule has 0 aliphatic rings. The Kier molecular flexibility index (Phi) is 4.41. The van der Waals surface area contributed by atoms with Gasteiger partial charge in [0.15, 0.2) is 11.0 Å². The fourth-order valence-corrected chi connectivity index (χ4v) is 5.21. The van der Waals surface area contributed by atoms with Crippen LogP contribution in [-0.4, -0.2) is 24.7 Å². The van der Waals surface area contributed by atoms with E-state index in [1.165, 1.54) is 22.2 Å². The highest BCUT2D eigenvalue weighted by atomic mass is 32.2. The van der Waals surface area contributed by atoms with E-state index in [4.69, 9.17) is 9.97 Å². The number of aryl methyl sites for hydroxylation is 2. The maximum absolute atomic E-state index is 4.86. The minimum absolute atomic E-state index is 0.670. The fraction of sp³-hybridized carbons (Fsp3) is 0.176. The SMILES string of the molecule is C=CCn1cnnc1Sc1nc(-c2cccs2)nc2sc(C)c(C)c12. The molecule has 0 aromatic carbocycles. The third-order valence-electron chi connectivity index (χ3n) is 3.83. The van der Waals surface area contributed by atoms with E-state index in [2.05, 4.69) is 30.6 Å². The first-order valence-corrected chi connectivity index (χ1v) is 10.2. The molecular formula is C17H15N5S3. The van der Waals surface area contributed by atoms with Gasteiger partial charge in [-0.1, -0.05) is 12.1 Å². The zero-order chi connectivity index (χ0) is 17.4. The lowest BCUT2D eigenvalue weighted by Gasteiger charge is -2.06. The highest BCUT2D eigenvalue weighted by molar-refractivity contribution is 7.99. The molecule has 0 aliphatic heterocycles. The van der Waals surface area contributed by atoms with E-state index in [0.29, 0.717) is 6.54 Å². The summed E-state index contributed by atoms with van der Waals surface area (Å²) < 4.78 is 1.96. The molecule has 0 saturated heterocycles. The Morgan fingerprint density at radius 2 is 2.20 bits per heavy atom. The van der Waals surface area contributed by atoms with Crippen molar-refractivity contribution in [1.29, 1.82) is 0 Å². The molecule has 0 fully saturated rings. The third-order valence-corrected chi connectivity index (χ3v) is 6.79. The minimum Gasteiger partial charge on any atom is -0.304 e. The molecule has 4 rings (SSSR count). The average Bonchev–Trinajstić information content (AvgIpc) is 3.31. The molecule has 8 heteroatoms. The van der Waals surface area contributed by atoms with Gasteiger partial charge in [0.1, 0.15) is 16.2 Å². The lowest BCUT2D eigenvalue weighted by atomic mass is 10.2. The summed E-state index contributed by atoms with van der Waals surface area (Å²) in [5.41, 5.74) is 1.23. The Labute approximate surface area is 157 Å². The van der Waals surface area contributed by atoms with Gasteiger partial charge in [-0.05, 0) is 42.6 Å². The number of nitrogens with zero attached hydrogens (tertiary/aromatic N) is 5. The Hall–Kier alpha value is -2.03. The first kappa shape index (κ1) is 16.4. The van der Waals surface area contributed by atoms with Crippen LogP contribution >= 0.6 is 34.4 Å². The molecule has 0 N–H and O–H groups in total. The summed E-state index contributed by atoms with van der Waals surface area (Å²) in [5.74, 6) is 0.765. The molecule has 0 saturated carbocycles. The van der Waals surface area contributed by atoms with Crippen molar-refractivity contribution in [3.63, 3.8) is 0 Å². The molecular weight excluding hydrogens is 370 g/mol. The number of rotatable bonds is 5. The molecule has 4 heterocycles. The second kappa shape index (κ2) is 6.70. The Morgan fingerprint density at radius 3 is 2.96 bits per heavy atom. The molecule has 0 aliphatic carbocycles. The van der Waals surface area contributed by atoms with E-state index < -0.39 is 0 Å². The summed E-state index contributed by atoms with van der Waals surface area (Å²) in [5, 5.41) is 13.1. The van der Waals surface area contributed by atoms with E-state index in [1.54, 1.807) is 29.0 Å². The van der Waals surface area contributed by atoms with Crippen LogP contribution in [0.4, 0.5) is 0 Å². The van der Waals surface area contributed by atoms with Crippen LogP contribution in [0.2, 0.25) is 0 Å². The van der Waals surface area contributed by atoms with Gasteiger partial charge in [-0.25, -0.2) is 9.97 Å². The van der Waals surface area contributed by atoms with Gasteiger partial charge >= 0.3 is 0 Å². The van der Waals surface area contributed by atoms with E-state index >= 15 is 0 Å². The Balaban J connectivity index is 1.88. The zero-order valence-electron chi connectivity index (χ0n) is 13.8. The normalized spacial score (nSPS) is 11.3. The molecule has 0 amide bonds. The highest BCUT2D eigenvalue weighted by Crippen LogP contribution is 2.39. The molecule has 126 valence electrons. The monoisotopic (exact) mass is 385 g/mol. The van der Waals surface area contributed by atoms with Crippen molar-refractivity contribution >= 4 is 44.7 Å². The van der Waals surface area contributed by atoms with E-state index in [0.717, 1.165) is 31.1 Å². The average molecular weight is 386 g/mol. The van der Waals surface area contributed by atoms with Crippen LogP contribution in [0.15, 0.2) is 46.7 Å². The topological polar surface area (TPSA) is 56.5 Å². The van der Waals surface area contributed by atoms with Crippen molar-refractivity contribution < 1.29 is 0 Å². The smallest absolute Gasteiger partial charge is 0.197 e. The predicted molar refractivity (Wildman–Crippen MR) is 105 cm³/mol. The molecule has 5 nitrogen and oxygen atoms in total. The predicted octanol–water partition coefficient (Wildman–Crippen LogP) is 4.97. The maximum atomic E-state index is 4.86. The third kappa shape index (κ3) is 3.01. The zero-order valence-corrected chi connectivity index (χ0v) is 16.2. The van der Waals surface area contributed by atoms with E-state index in [9.17, 15) is 0 Å². The maximum Gasteiger partial charge on any atom is 0.197 e. The van der Waals surface area contributed by atoms with E-state index in [-0.39, 0.29) is 0 Å². The number of hydrogen-bond donors (Lipinski definition) is 0. The van der Waals surface area contributed by atoms with Gasteiger partial charge in [0.05, 0.1) is 4.88 Å². The van der Waals surface area contributed by atoms with Crippen molar-refractivity contribution in [2.75, 3.05) is 0 Å². The summed E-state index contributed by atoms with van der Waals surface area (Å²) in [7, 11) is 0. The molecule has 0 unspecified atom stereocenters. The summed E-state index contributed by atoms with van der Waals surface area (Å²) in [6.45, 7) is 8.71. The van der Waals surface area contributed by atoms with Crippen LogP contribution in [0, 0.1) is 13.8 Å². The van der Waals surface area contributed by atoms with Crippen LogP contribution in [0.25, 0.3) is 20.9 Å².